The van der Waals surface area contributed by atoms with Crippen LogP contribution in [0.4, 0.5) is 0 Å². The van der Waals surface area contributed by atoms with Crippen molar-refractivity contribution in [3.05, 3.63) is 27.2 Å². The summed E-state index contributed by atoms with van der Waals surface area (Å²) in [6, 6.07) is 3.89. The van der Waals surface area contributed by atoms with E-state index in [4.69, 9.17) is 11.6 Å². The molecule has 4 nitrogen and oxygen atoms in total. The number of hydrogen-bond acceptors (Lipinski definition) is 5. The Morgan fingerprint density at radius 2 is 2.25 bits per heavy atom. The van der Waals surface area contributed by atoms with E-state index in [0.29, 0.717) is 0 Å². The molecule has 82 valence electrons. The molecule has 0 aromatic carbocycles. The van der Waals surface area contributed by atoms with E-state index in [-0.39, 0.29) is 0 Å². The van der Waals surface area contributed by atoms with Crippen molar-refractivity contribution in [2.45, 2.75) is 12.1 Å². The highest BCUT2D eigenvalue weighted by Crippen LogP contribution is 2.28. The summed E-state index contributed by atoms with van der Waals surface area (Å²) in [4.78, 5) is 1.11. The molecule has 0 unspecified atom stereocenters. The van der Waals surface area contributed by atoms with Gasteiger partial charge in [0.25, 0.3) is 0 Å². The molecule has 2 aromatic heterocycles. The first-order valence-electron chi connectivity index (χ1n) is 4.62. The van der Waals surface area contributed by atoms with Crippen LogP contribution in [0.15, 0.2) is 22.4 Å². The van der Waals surface area contributed by atoms with E-state index < -0.39 is 0 Å². The summed E-state index contributed by atoms with van der Waals surface area (Å²) in [5.74, 6) is 1.62. The predicted molar refractivity (Wildman–Crippen MR) is 66.7 cm³/mol. The van der Waals surface area contributed by atoms with Crippen LogP contribution < -0.4 is 0 Å². The lowest BCUT2D eigenvalue weighted by atomic mass is 10.3. The first-order valence-corrected chi connectivity index (χ1v) is 6.80. The van der Waals surface area contributed by atoms with Crippen LogP contribution in [0.25, 0.3) is 0 Å². The Bertz CT molecular complexity index is 572. The highest BCUT2D eigenvalue weighted by Gasteiger charge is 2.18. The van der Waals surface area contributed by atoms with Gasteiger partial charge in [-0.3, -0.25) is 0 Å². The van der Waals surface area contributed by atoms with E-state index in [1.54, 1.807) is 27.8 Å². The zero-order valence-corrected chi connectivity index (χ0v) is 10.7. The van der Waals surface area contributed by atoms with E-state index in [0.717, 1.165) is 31.7 Å². The molecule has 7 heteroatoms. The van der Waals surface area contributed by atoms with Gasteiger partial charge in [0.2, 0.25) is 5.16 Å². The van der Waals surface area contributed by atoms with Crippen molar-refractivity contribution in [2.24, 2.45) is 5.10 Å². The minimum atomic E-state index is 0.786. The minimum absolute atomic E-state index is 0.786. The molecule has 2 aromatic rings. The van der Waals surface area contributed by atoms with E-state index in [1.807, 2.05) is 19.1 Å². The number of thiophene rings is 1. The Labute approximate surface area is 105 Å². The maximum atomic E-state index is 5.92. The number of nitrogens with zero attached hydrogens (tertiary/aromatic N) is 4. The van der Waals surface area contributed by atoms with Crippen molar-refractivity contribution >= 4 is 40.4 Å². The first kappa shape index (κ1) is 10.3. The van der Waals surface area contributed by atoms with Crippen LogP contribution in [0, 0.1) is 6.92 Å². The molecule has 16 heavy (non-hydrogen) atoms. The number of hydrogen-bond donors (Lipinski definition) is 0. The van der Waals surface area contributed by atoms with Crippen molar-refractivity contribution in [2.75, 3.05) is 5.75 Å². The van der Waals surface area contributed by atoms with Crippen LogP contribution in [0.2, 0.25) is 4.34 Å². The molecule has 0 radical (unpaired) electrons. The summed E-state index contributed by atoms with van der Waals surface area (Å²) in [6.45, 7) is 1.89. The number of thioether (sulfide) groups is 1. The second kappa shape index (κ2) is 3.87. The van der Waals surface area contributed by atoms with Crippen molar-refractivity contribution in [3.63, 3.8) is 0 Å². The van der Waals surface area contributed by atoms with E-state index >= 15 is 0 Å². The molecule has 0 saturated carbocycles. The molecule has 3 heterocycles. The average Bonchev–Trinajstić information content (AvgIpc) is 2.86. The highest BCUT2D eigenvalue weighted by molar-refractivity contribution is 7.99. The monoisotopic (exact) mass is 270 g/mol. The third-order valence-corrected chi connectivity index (χ3v) is 4.40. The zero-order chi connectivity index (χ0) is 11.1. The van der Waals surface area contributed by atoms with Crippen LogP contribution in [0.5, 0.6) is 0 Å². The third kappa shape index (κ3) is 1.66. The Hall–Kier alpha value is -0.850. The van der Waals surface area contributed by atoms with Crippen molar-refractivity contribution in [1.82, 2.24) is 14.9 Å². The molecule has 0 fully saturated rings. The Balaban J connectivity index is 2.06. The van der Waals surface area contributed by atoms with Crippen molar-refractivity contribution in [3.8, 4) is 0 Å². The average molecular weight is 271 g/mol. The molecular weight excluding hydrogens is 264 g/mol. The molecule has 3 rings (SSSR count). The lowest BCUT2D eigenvalue weighted by Gasteiger charge is -2.11. The summed E-state index contributed by atoms with van der Waals surface area (Å²) in [6.07, 6.45) is 0. The van der Waals surface area contributed by atoms with Crippen LogP contribution >= 0.6 is 34.7 Å². The molecule has 0 spiro atoms. The molecule has 0 atom stereocenters. The summed E-state index contributed by atoms with van der Waals surface area (Å²) >= 11 is 9.10. The van der Waals surface area contributed by atoms with E-state index in [9.17, 15) is 0 Å². The van der Waals surface area contributed by atoms with Gasteiger partial charge < -0.3 is 0 Å². The number of halogens is 1. The predicted octanol–water partition coefficient (Wildman–Crippen LogP) is 2.66. The quantitative estimate of drug-likeness (QED) is 0.800. The number of fused-ring (bicyclic) bond motifs is 1. The van der Waals surface area contributed by atoms with Gasteiger partial charge in [-0.15, -0.1) is 21.5 Å². The van der Waals surface area contributed by atoms with Crippen molar-refractivity contribution < 1.29 is 0 Å². The van der Waals surface area contributed by atoms with Gasteiger partial charge in [0.15, 0.2) is 5.82 Å². The molecule has 0 bridgehead atoms. The van der Waals surface area contributed by atoms with Gasteiger partial charge >= 0.3 is 0 Å². The van der Waals surface area contributed by atoms with Crippen molar-refractivity contribution in [1.29, 1.82) is 0 Å². The fourth-order valence-corrected chi connectivity index (χ4v) is 3.41. The van der Waals surface area contributed by atoms with Gasteiger partial charge in [-0.25, -0.2) is 0 Å². The highest BCUT2D eigenvalue weighted by atomic mass is 35.5. The van der Waals surface area contributed by atoms with Gasteiger partial charge in [0, 0.05) is 5.75 Å². The number of aromatic nitrogens is 3. The van der Waals surface area contributed by atoms with E-state index in [1.165, 1.54) is 0 Å². The van der Waals surface area contributed by atoms with E-state index in [2.05, 4.69) is 15.3 Å². The van der Waals surface area contributed by atoms with Crippen LogP contribution in [-0.4, -0.2) is 26.3 Å². The Morgan fingerprint density at radius 1 is 1.38 bits per heavy atom. The standard InChI is InChI=1S/C9H7ClN4S2/c1-5-11-12-9-14(5)13-6(4-15-9)7-2-3-8(10)16-7/h2-3H,4H2,1H3. The second-order valence-corrected chi connectivity index (χ2v) is 5.94. The lowest BCUT2D eigenvalue weighted by molar-refractivity contribution is 0.735. The summed E-state index contributed by atoms with van der Waals surface area (Å²) in [5.41, 5.74) is 1.03. The normalized spacial score (nSPS) is 14.8. The lowest BCUT2D eigenvalue weighted by Crippen LogP contribution is -2.12. The summed E-state index contributed by atoms with van der Waals surface area (Å²) in [7, 11) is 0. The molecule has 0 N–H and O–H groups in total. The SMILES string of the molecule is Cc1nnc2n1N=C(c1ccc(Cl)s1)CS2. The molecule has 0 aliphatic carbocycles. The molecule has 0 saturated heterocycles. The van der Waals surface area contributed by atoms with Gasteiger partial charge in [-0.05, 0) is 19.1 Å². The minimum Gasteiger partial charge on any atom is -0.191 e. The molecule has 1 aliphatic rings. The Kier molecular flexibility index (Phi) is 2.49. The third-order valence-electron chi connectivity index (χ3n) is 2.18. The zero-order valence-electron chi connectivity index (χ0n) is 8.35. The topological polar surface area (TPSA) is 43.1 Å². The largest absolute Gasteiger partial charge is 0.212 e. The number of rotatable bonds is 1. The molecule has 0 amide bonds. The van der Waals surface area contributed by atoms with Gasteiger partial charge in [0.05, 0.1) is 14.9 Å². The smallest absolute Gasteiger partial charge is 0.191 e. The fraction of sp³-hybridized carbons (Fsp3) is 0.222. The maximum Gasteiger partial charge on any atom is 0.212 e. The maximum absolute atomic E-state index is 5.92. The fourth-order valence-electron chi connectivity index (χ4n) is 1.42. The Morgan fingerprint density at radius 3 is 3.00 bits per heavy atom. The van der Waals surface area contributed by atoms with Gasteiger partial charge in [-0.1, -0.05) is 23.4 Å². The summed E-state index contributed by atoms with van der Waals surface area (Å²) < 4.78 is 2.56. The van der Waals surface area contributed by atoms with Crippen LogP contribution in [0.3, 0.4) is 0 Å². The van der Waals surface area contributed by atoms with Gasteiger partial charge in [0.1, 0.15) is 0 Å². The second-order valence-electron chi connectivity index (χ2n) is 3.28. The number of aryl methyl sites for hydroxylation is 1. The molecular formula is C9H7ClN4S2. The van der Waals surface area contributed by atoms with Crippen LogP contribution in [0.1, 0.15) is 10.7 Å². The molecule has 1 aliphatic heterocycles. The van der Waals surface area contributed by atoms with Gasteiger partial charge in [-0.2, -0.15) is 9.78 Å². The first-order chi connectivity index (χ1) is 7.74. The summed E-state index contributed by atoms with van der Waals surface area (Å²) in [5, 5.41) is 13.4. The van der Waals surface area contributed by atoms with Crippen LogP contribution in [-0.2, 0) is 0 Å².